The topological polar surface area (TPSA) is 95.6 Å². The molecule has 0 aliphatic carbocycles. The summed E-state index contributed by atoms with van der Waals surface area (Å²) in [6, 6.07) is 13.1. The van der Waals surface area contributed by atoms with Crippen LogP contribution in [0.3, 0.4) is 0 Å². The number of hydrogen-bond donors (Lipinski definition) is 1. The third-order valence-electron chi connectivity index (χ3n) is 8.58. The Balaban J connectivity index is 1.60. The standard InChI is InChI=1S/C36H41ClF2N2O7/c1-35(2,3)41(34(43)44-5)21-36(22-11-7-6-8-12-22)20-24-27(48-36)19-25(38)31(37)29(24)30-23(33(42)40-4)14-15-26(32(30)39)45-17-18-47-28-13-9-10-16-46-28/h6-8,11-12,14-15,19,28H,9-10,13,16-18,20-21H2,1-5H3,(H,40,42)/t28-,36+/m0/s1. The fraction of sp³-hybridized carbons (Fsp3) is 0.444. The normalized spacial score (nSPS) is 18.9. The minimum Gasteiger partial charge on any atom is -0.488 e. The Kier molecular flexibility index (Phi) is 10.8. The van der Waals surface area contributed by atoms with E-state index in [1.54, 1.807) is 0 Å². The Bertz CT molecular complexity index is 1640. The van der Waals surface area contributed by atoms with Gasteiger partial charge in [-0.25, -0.2) is 13.6 Å². The summed E-state index contributed by atoms with van der Waals surface area (Å²) < 4.78 is 61.1. The van der Waals surface area contributed by atoms with Gasteiger partial charge in [0.15, 0.2) is 23.5 Å². The lowest BCUT2D eigenvalue weighted by molar-refractivity contribution is -0.165. The maximum atomic E-state index is 16.6. The fourth-order valence-corrected chi connectivity index (χ4v) is 6.40. The van der Waals surface area contributed by atoms with Gasteiger partial charge in [0.05, 0.1) is 30.8 Å². The summed E-state index contributed by atoms with van der Waals surface area (Å²) in [5.41, 5.74) is -1.26. The van der Waals surface area contributed by atoms with Gasteiger partial charge >= 0.3 is 6.09 Å². The highest BCUT2D eigenvalue weighted by Crippen LogP contribution is 2.51. The molecule has 258 valence electrons. The molecule has 0 spiro atoms. The lowest BCUT2D eigenvalue weighted by Gasteiger charge is -2.41. The van der Waals surface area contributed by atoms with E-state index in [2.05, 4.69) is 5.32 Å². The zero-order valence-corrected chi connectivity index (χ0v) is 28.5. The quantitative estimate of drug-likeness (QED) is 0.224. The molecule has 1 saturated heterocycles. The number of ether oxygens (including phenoxy) is 5. The first-order chi connectivity index (χ1) is 22.9. The molecule has 9 nitrogen and oxygen atoms in total. The van der Waals surface area contributed by atoms with Gasteiger partial charge in [-0.15, -0.1) is 0 Å². The first-order valence-corrected chi connectivity index (χ1v) is 16.3. The second-order valence-electron chi connectivity index (χ2n) is 12.8. The fourth-order valence-electron chi connectivity index (χ4n) is 6.13. The van der Waals surface area contributed by atoms with Crippen LogP contribution in [0.1, 0.15) is 61.5 Å². The molecular weight excluding hydrogens is 646 g/mol. The first kappa shape index (κ1) is 35.4. The molecule has 2 atom stereocenters. The van der Waals surface area contributed by atoms with E-state index in [9.17, 15) is 9.59 Å². The zero-order chi connectivity index (χ0) is 34.6. The second-order valence-corrected chi connectivity index (χ2v) is 13.2. The highest BCUT2D eigenvalue weighted by Gasteiger charge is 2.48. The Morgan fingerprint density at radius 1 is 1.08 bits per heavy atom. The van der Waals surface area contributed by atoms with Gasteiger partial charge in [-0.1, -0.05) is 41.9 Å². The van der Waals surface area contributed by atoms with Crippen LogP contribution in [-0.2, 0) is 26.2 Å². The van der Waals surface area contributed by atoms with Crippen molar-refractivity contribution in [2.75, 3.05) is 40.5 Å². The molecular formula is C36H41ClF2N2O7. The molecule has 2 amide bonds. The van der Waals surface area contributed by atoms with Crippen molar-refractivity contribution >= 4 is 23.6 Å². The van der Waals surface area contributed by atoms with Crippen molar-refractivity contribution < 1.29 is 42.1 Å². The molecule has 0 bridgehead atoms. The molecule has 2 aliphatic rings. The van der Waals surface area contributed by atoms with Gasteiger partial charge in [-0.3, -0.25) is 9.69 Å². The maximum Gasteiger partial charge on any atom is 0.410 e. The summed E-state index contributed by atoms with van der Waals surface area (Å²) in [4.78, 5) is 27.7. The van der Waals surface area contributed by atoms with Crippen molar-refractivity contribution in [3.8, 4) is 22.6 Å². The van der Waals surface area contributed by atoms with E-state index >= 15 is 8.78 Å². The predicted octanol–water partition coefficient (Wildman–Crippen LogP) is 7.26. The van der Waals surface area contributed by atoms with Crippen LogP contribution in [0, 0.1) is 11.6 Å². The smallest absolute Gasteiger partial charge is 0.410 e. The third-order valence-corrected chi connectivity index (χ3v) is 8.95. The molecule has 2 aliphatic heterocycles. The van der Waals surface area contributed by atoms with E-state index in [4.69, 9.17) is 35.3 Å². The predicted molar refractivity (Wildman–Crippen MR) is 177 cm³/mol. The van der Waals surface area contributed by atoms with E-state index in [0.29, 0.717) is 17.7 Å². The minimum atomic E-state index is -1.26. The summed E-state index contributed by atoms with van der Waals surface area (Å²) >= 11 is 6.67. The van der Waals surface area contributed by atoms with Crippen LogP contribution in [0.15, 0.2) is 48.5 Å². The number of nitrogens with one attached hydrogen (secondary N) is 1. The number of amides is 2. The van der Waals surface area contributed by atoms with Crippen LogP contribution in [0.2, 0.25) is 5.02 Å². The summed E-state index contributed by atoms with van der Waals surface area (Å²) in [7, 11) is 2.70. The average molecular weight is 687 g/mol. The number of rotatable bonds is 10. The summed E-state index contributed by atoms with van der Waals surface area (Å²) in [5, 5.41) is 2.14. The Labute approximate surface area is 284 Å². The monoisotopic (exact) mass is 686 g/mol. The molecule has 2 heterocycles. The number of carbonyl (C=O) groups is 2. The number of hydrogen-bond acceptors (Lipinski definition) is 7. The lowest BCUT2D eigenvalue weighted by atomic mass is 9.84. The number of methoxy groups -OCH3 is 1. The van der Waals surface area contributed by atoms with Gasteiger partial charge in [0, 0.05) is 48.4 Å². The van der Waals surface area contributed by atoms with Gasteiger partial charge in [-0.05, 0) is 57.7 Å². The molecule has 0 unspecified atom stereocenters. The van der Waals surface area contributed by atoms with Crippen LogP contribution >= 0.6 is 11.6 Å². The van der Waals surface area contributed by atoms with Crippen LogP contribution in [-0.4, -0.2) is 69.3 Å². The number of benzene rings is 3. The van der Waals surface area contributed by atoms with Gasteiger partial charge in [-0.2, -0.15) is 0 Å². The van der Waals surface area contributed by atoms with Crippen molar-refractivity contribution in [3.63, 3.8) is 0 Å². The molecule has 0 aromatic heterocycles. The lowest BCUT2D eigenvalue weighted by Crippen LogP contribution is -2.54. The largest absolute Gasteiger partial charge is 0.488 e. The zero-order valence-electron chi connectivity index (χ0n) is 27.8. The highest BCUT2D eigenvalue weighted by atomic mass is 35.5. The van der Waals surface area contributed by atoms with Crippen LogP contribution in [0.25, 0.3) is 11.1 Å². The summed E-state index contributed by atoms with van der Waals surface area (Å²) in [6.45, 7) is 6.34. The van der Waals surface area contributed by atoms with Crippen molar-refractivity contribution in [2.24, 2.45) is 0 Å². The number of fused-ring (bicyclic) bond motifs is 1. The van der Waals surface area contributed by atoms with Gasteiger partial charge < -0.3 is 29.0 Å². The van der Waals surface area contributed by atoms with Crippen molar-refractivity contribution in [1.29, 1.82) is 0 Å². The van der Waals surface area contributed by atoms with Crippen LogP contribution in [0.4, 0.5) is 13.6 Å². The Morgan fingerprint density at radius 2 is 1.83 bits per heavy atom. The molecule has 1 N–H and O–H groups in total. The average Bonchev–Trinajstić information content (AvgIpc) is 3.45. The molecule has 12 heteroatoms. The maximum absolute atomic E-state index is 16.6. The summed E-state index contributed by atoms with van der Waals surface area (Å²) in [5.74, 6) is -2.45. The van der Waals surface area contributed by atoms with Crippen LogP contribution in [0.5, 0.6) is 11.5 Å². The first-order valence-electron chi connectivity index (χ1n) is 15.9. The van der Waals surface area contributed by atoms with Gasteiger partial charge in [0.25, 0.3) is 5.91 Å². The molecule has 1 fully saturated rings. The molecule has 3 aromatic rings. The van der Waals surface area contributed by atoms with Gasteiger partial charge in [0.1, 0.15) is 18.2 Å². The molecule has 5 rings (SSSR count). The van der Waals surface area contributed by atoms with Crippen molar-refractivity contribution in [1.82, 2.24) is 10.2 Å². The second kappa shape index (κ2) is 14.7. The van der Waals surface area contributed by atoms with Crippen molar-refractivity contribution in [3.05, 3.63) is 81.9 Å². The third kappa shape index (κ3) is 7.23. The molecule has 0 radical (unpaired) electrons. The Morgan fingerprint density at radius 3 is 2.48 bits per heavy atom. The van der Waals surface area contributed by atoms with Gasteiger partial charge in [0.2, 0.25) is 0 Å². The number of halogens is 3. The molecule has 3 aromatic carbocycles. The molecule has 48 heavy (non-hydrogen) atoms. The summed E-state index contributed by atoms with van der Waals surface area (Å²) in [6.07, 6.45) is 1.87. The van der Waals surface area contributed by atoms with E-state index in [1.165, 1.54) is 31.2 Å². The molecule has 0 saturated carbocycles. The number of nitrogens with zero attached hydrogens (tertiary/aromatic N) is 1. The SMILES string of the molecule is CNC(=O)c1ccc(OCCO[C@H]2CCCCO2)c(F)c1-c1c(Cl)c(F)cc2c1C[C@@](CN(C(=O)OC)C(C)(C)C)(c1ccccc1)O2. The van der Waals surface area contributed by atoms with Crippen LogP contribution < -0.4 is 14.8 Å². The minimum absolute atomic E-state index is 0.000804. The highest BCUT2D eigenvalue weighted by molar-refractivity contribution is 6.34. The van der Waals surface area contributed by atoms with E-state index < -0.39 is 34.8 Å². The van der Waals surface area contributed by atoms with E-state index in [0.717, 1.165) is 25.3 Å². The van der Waals surface area contributed by atoms with E-state index in [-0.39, 0.29) is 65.7 Å². The number of carbonyl (C=O) groups excluding carboxylic acids is 2. The van der Waals surface area contributed by atoms with E-state index in [1.807, 2.05) is 51.1 Å². The Hall–Kier alpha value is -3.93. The van der Waals surface area contributed by atoms with Crippen molar-refractivity contribution in [2.45, 2.75) is 63.9 Å².